The number of aliphatic imine (C=N–C) groups is 1. The van der Waals surface area contributed by atoms with Gasteiger partial charge in [-0.2, -0.15) is 0 Å². The van der Waals surface area contributed by atoms with Crippen LogP contribution in [0.4, 0.5) is 0 Å². The molecule has 1 unspecified atom stereocenters. The SMILES string of the molecule is COc1ccc(C2=NC(C)(C)CO2)c(S(=O)c2ccc(C)cc2)c1. The summed E-state index contributed by atoms with van der Waals surface area (Å²) in [6, 6.07) is 13.2. The lowest BCUT2D eigenvalue weighted by molar-refractivity contribution is 0.279. The highest BCUT2D eigenvalue weighted by Crippen LogP contribution is 2.29. The standard InChI is InChI=1S/C19H21NO3S/c1-13-5-8-15(9-6-13)24(21)17-11-14(22-4)7-10-16(17)18-20-19(2,3)12-23-18/h5-11H,12H2,1-4H3. The van der Waals surface area contributed by atoms with Crippen molar-refractivity contribution in [3.8, 4) is 5.75 Å². The number of ether oxygens (including phenoxy) is 2. The quantitative estimate of drug-likeness (QED) is 0.850. The molecule has 5 heteroatoms. The van der Waals surface area contributed by atoms with Crippen LogP contribution in [0.5, 0.6) is 5.75 Å². The van der Waals surface area contributed by atoms with Gasteiger partial charge in [0, 0.05) is 4.90 Å². The molecule has 0 amide bonds. The maximum atomic E-state index is 13.1. The van der Waals surface area contributed by atoms with Crippen molar-refractivity contribution in [2.45, 2.75) is 36.1 Å². The smallest absolute Gasteiger partial charge is 0.218 e. The highest BCUT2D eigenvalue weighted by molar-refractivity contribution is 7.85. The highest BCUT2D eigenvalue weighted by Gasteiger charge is 2.29. The third-order valence-electron chi connectivity index (χ3n) is 3.82. The van der Waals surface area contributed by atoms with Gasteiger partial charge in [-0.1, -0.05) is 17.7 Å². The Balaban J connectivity index is 2.08. The van der Waals surface area contributed by atoms with Crippen LogP contribution >= 0.6 is 0 Å². The fraction of sp³-hybridized carbons (Fsp3) is 0.316. The monoisotopic (exact) mass is 343 g/mol. The van der Waals surface area contributed by atoms with Crippen LogP contribution in [0.2, 0.25) is 0 Å². The fourth-order valence-electron chi connectivity index (χ4n) is 2.47. The van der Waals surface area contributed by atoms with Gasteiger partial charge in [-0.25, -0.2) is 9.20 Å². The van der Waals surface area contributed by atoms with Crippen LogP contribution in [0.3, 0.4) is 0 Å². The van der Waals surface area contributed by atoms with Crippen LogP contribution in [0, 0.1) is 6.92 Å². The summed E-state index contributed by atoms with van der Waals surface area (Å²) in [4.78, 5) is 6.01. The van der Waals surface area contributed by atoms with E-state index >= 15 is 0 Å². The molecular weight excluding hydrogens is 322 g/mol. The number of aryl methyl sites for hydroxylation is 1. The lowest BCUT2D eigenvalue weighted by atomic mass is 10.1. The topological polar surface area (TPSA) is 47.9 Å². The van der Waals surface area contributed by atoms with E-state index in [1.54, 1.807) is 13.2 Å². The minimum Gasteiger partial charge on any atom is -0.497 e. The fourth-order valence-corrected chi connectivity index (χ4v) is 3.69. The summed E-state index contributed by atoms with van der Waals surface area (Å²) in [5.74, 6) is 1.20. The first-order chi connectivity index (χ1) is 11.4. The molecule has 0 bridgehead atoms. The normalized spacial score (nSPS) is 17.1. The number of hydrogen-bond donors (Lipinski definition) is 0. The number of methoxy groups -OCH3 is 1. The first-order valence-electron chi connectivity index (χ1n) is 7.79. The second kappa shape index (κ2) is 6.40. The number of rotatable bonds is 4. The van der Waals surface area contributed by atoms with Crippen molar-refractivity contribution in [3.05, 3.63) is 53.6 Å². The maximum Gasteiger partial charge on any atom is 0.218 e. The molecule has 0 fully saturated rings. The molecule has 126 valence electrons. The molecule has 3 rings (SSSR count). The average Bonchev–Trinajstić information content (AvgIpc) is 2.94. The Hall–Kier alpha value is -2.14. The Morgan fingerprint density at radius 3 is 2.46 bits per heavy atom. The van der Waals surface area contributed by atoms with Gasteiger partial charge in [0.25, 0.3) is 0 Å². The van der Waals surface area contributed by atoms with Gasteiger partial charge in [0.15, 0.2) is 0 Å². The molecular formula is C19H21NO3S. The molecule has 0 saturated heterocycles. The van der Waals surface area contributed by atoms with E-state index in [0.29, 0.717) is 23.1 Å². The van der Waals surface area contributed by atoms with Crippen LogP contribution in [0.1, 0.15) is 25.0 Å². The Morgan fingerprint density at radius 2 is 1.88 bits per heavy atom. The summed E-state index contributed by atoms with van der Waals surface area (Å²) in [7, 11) is 0.257. The average molecular weight is 343 g/mol. The lowest BCUT2D eigenvalue weighted by Gasteiger charge is -2.11. The summed E-state index contributed by atoms with van der Waals surface area (Å²) in [5, 5.41) is 0. The minimum absolute atomic E-state index is 0.266. The van der Waals surface area contributed by atoms with Gasteiger partial charge < -0.3 is 9.47 Å². The van der Waals surface area contributed by atoms with Crippen LogP contribution in [0.25, 0.3) is 0 Å². The molecule has 24 heavy (non-hydrogen) atoms. The summed E-state index contributed by atoms with van der Waals surface area (Å²) < 4.78 is 24.2. The van der Waals surface area contributed by atoms with Crippen molar-refractivity contribution in [2.75, 3.05) is 13.7 Å². The minimum atomic E-state index is -1.34. The number of benzene rings is 2. The third-order valence-corrected chi connectivity index (χ3v) is 5.26. The van der Waals surface area contributed by atoms with E-state index in [1.807, 2.05) is 57.2 Å². The second-order valence-corrected chi connectivity index (χ2v) is 7.91. The van der Waals surface area contributed by atoms with Crippen LogP contribution in [-0.2, 0) is 15.5 Å². The molecule has 0 N–H and O–H groups in total. The summed E-state index contributed by atoms with van der Waals surface area (Å²) in [6.07, 6.45) is 0. The van der Waals surface area contributed by atoms with Gasteiger partial charge in [-0.3, -0.25) is 0 Å². The van der Waals surface area contributed by atoms with Gasteiger partial charge in [0.2, 0.25) is 5.90 Å². The van der Waals surface area contributed by atoms with E-state index in [-0.39, 0.29) is 5.54 Å². The van der Waals surface area contributed by atoms with E-state index < -0.39 is 10.8 Å². The predicted octanol–water partition coefficient (Wildman–Crippen LogP) is 3.73. The van der Waals surface area contributed by atoms with Gasteiger partial charge in [-0.05, 0) is 51.1 Å². The predicted molar refractivity (Wildman–Crippen MR) is 95.4 cm³/mol. The summed E-state index contributed by atoms with van der Waals surface area (Å²) in [6.45, 7) is 6.55. The molecule has 1 aliphatic rings. The van der Waals surface area contributed by atoms with Gasteiger partial charge >= 0.3 is 0 Å². The number of nitrogens with zero attached hydrogens (tertiary/aromatic N) is 1. The van der Waals surface area contributed by atoms with E-state index in [2.05, 4.69) is 4.99 Å². The zero-order valence-electron chi connectivity index (χ0n) is 14.3. The van der Waals surface area contributed by atoms with Crippen LogP contribution in [-0.4, -0.2) is 29.4 Å². The van der Waals surface area contributed by atoms with Gasteiger partial charge in [0.1, 0.15) is 12.4 Å². The van der Waals surface area contributed by atoms with Crippen molar-refractivity contribution < 1.29 is 13.7 Å². The molecule has 1 atom stereocenters. The molecule has 1 aliphatic heterocycles. The van der Waals surface area contributed by atoms with Crippen molar-refractivity contribution in [1.82, 2.24) is 0 Å². The van der Waals surface area contributed by atoms with E-state index in [0.717, 1.165) is 16.0 Å². The molecule has 2 aromatic carbocycles. The molecule has 0 radical (unpaired) electrons. The largest absolute Gasteiger partial charge is 0.497 e. The van der Waals surface area contributed by atoms with Crippen LogP contribution < -0.4 is 4.74 Å². The van der Waals surface area contributed by atoms with Crippen LogP contribution in [0.15, 0.2) is 57.2 Å². The van der Waals surface area contributed by atoms with Gasteiger partial charge in [-0.15, -0.1) is 0 Å². The van der Waals surface area contributed by atoms with E-state index in [9.17, 15) is 4.21 Å². The van der Waals surface area contributed by atoms with Crippen molar-refractivity contribution >= 4 is 16.7 Å². The van der Waals surface area contributed by atoms with E-state index in [4.69, 9.17) is 9.47 Å². The molecule has 0 saturated carbocycles. The maximum absolute atomic E-state index is 13.1. The van der Waals surface area contributed by atoms with E-state index in [1.165, 1.54) is 0 Å². The summed E-state index contributed by atoms with van der Waals surface area (Å²) in [5.41, 5.74) is 1.62. The molecule has 0 aliphatic carbocycles. The molecule has 0 spiro atoms. The molecule has 0 aromatic heterocycles. The lowest BCUT2D eigenvalue weighted by Crippen LogP contribution is -2.17. The summed E-state index contributed by atoms with van der Waals surface area (Å²) >= 11 is 0. The van der Waals surface area contributed by atoms with Crippen molar-refractivity contribution in [2.24, 2.45) is 4.99 Å². The van der Waals surface area contributed by atoms with Gasteiger partial charge in [0.05, 0.1) is 33.9 Å². The Bertz CT molecular complexity index is 810. The first-order valence-corrected chi connectivity index (χ1v) is 8.94. The highest BCUT2D eigenvalue weighted by atomic mass is 32.2. The Morgan fingerprint density at radius 1 is 1.17 bits per heavy atom. The second-order valence-electron chi connectivity index (χ2n) is 6.46. The molecule has 1 heterocycles. The zero-order valence-corrected chi connectivity index (χ0v) is 15.1. The molecule has 4 nitrogen and oxygen atoms in total. The Kier molecular flexibility index (Phi) is 4.45. The number of hydrogen-bond acceptors (Lipinski definition) is 4. The van der Waals surface area contributed by atoms with Crippen molar-refractivity contribution in [1.29, 1.82) is 0 Å². The first kappa shape index (κ1) is 16.7. The Labute approximate surface area is 145 Å². The van der Waals surface area contributed by atoms with Crippen molar-refractivity contribution in [3.63, 3.8) is 0 Å². The third kappa shape index (κ3) is 3.36. The zero-order chi connectivity index (χ0) is 17.3. The molecule has 2 aromatic rings.